The van der Waals surface area contributed by atoms with Crippen molar-refractivity contribution in [2.24, 2.45) is 17.8 Å². The van der Waals surface area contributed by atoms with Crippen LogP contribution in [-0.2, 0) is 0 Å². The van der Waals surface area contributed by atoms with Crippen LogP contribution in [0.25, 0.3) is 0 Å². The quantitative estimate of drug-likeness (QED) is 0.899. The molecule has 4 bridgehead atoms. The van der Waals surface area contributed by atoms with Crippen molar-refractivity contribution in [1.29, 1.82) is 0 Å². The smallest absolute Gasteiger partial charge is 0.222 e. The van der Waals surface area contributed by atoms with E-state index < -0.39 is 0 Å². The summed E-state index contributed by atoms with van der Waals surface area (Å²) in [6.07, 6.45) is 8.45. The molecule has 20 heavy (non-hydrogen) atoms. The lowest BCUT2D eigenvalue weighted by Gasteiger charge is -2.60. The van der Waals surface area contributed by atoms with Crippen LogP contribution in [0.2, 0.25) is 0 Å². The van der Waals surface area contributed by atoms with Crippen LogP contribution >= 0.6 is 0 Å². The lowest BCUT2D eigenvalue weighted by Crippen LogP contribution is -2.59. The largest absolute Gasteiger partial charge is 0.368 e. The van der Waals surface area contributed by atoms with E-state index in [4.69, 9.17) is 5.73 Å². The van der Waals surface area contributed by atoms with Crippen molar-refractivity contribution in [3.63, 3.8) is 0 Å². The Labute approximate surface area is 120 Å². The van der Waals surface area contributed by atoms with Crippen molar-refractivity contribution in [2.75, 3.05) is 17.7 Å². The summed E-state index contributed by atoms with van der Waals surface area (Å²) >= 11 is 0. The zero-order chi connectivity index (χ0) is 13.9. The van der Waals surface area contributed by atoms with Gasteiger partial charge in [-0.05, 0) is 63.2 Å². The molecular weight excluding hydrogens is 248 g/mol. The summed E-state index contributed by atoms with van der Waals surface area (Å²) in [5, 5.41) is 0. The van der Waals surface area contributed by atoms with Crippen molar-refractivity contribution >= 4 is 11.8 Å². The molecule has 2 N–H and O–H groups in total. The molecule has 4 fully saturated rings. The Balaban J connectivity index is 1.69. The summed E-state index contributed by atoms with van der Waals surface area (Å²) in [7, 11) is 2.22. The molecule has 0 saturated heterocycles. The second-order valence-electron chi connectivity index (χ2n) is 7.43. The number of anilines is 2. The molecule has 4 aliphatic rings. The number of nitrogens with zero attached hydrogens (tertiary/aromatic N) is 3. The highest BCUT2D eigenvalue weighted by atomic mass is 15.3. The van der Waals surface area contributed by atoms with E-state index in [0.29, 0.717) is 11.5 Å². The van der Waals surface area contributed by atoms with Gasteiger partial charge in [0, 0.05) is 24.3 Å². The number of rotatable bonds is 2. The van der Waals surface area contributed by atoms with Gasteiger partial charge in [-0.25, -0.2) is 4.98 Å². The predicted molar refractivity (Wildman–Crippen MR) is 80.5 cm³/mol. The van der Waals surface area contributed by atoms with Crippen LogP contribution in [0.5, 0.6) is 0 Å². The lowest BCUT2D eigenvalue weighted by molar-refractivity contribution is -0.00228. The Morgan fingerprint density at radius 2 is 1.65 bits per heavy atom. The summed E-state index contributed by atoms with van der Waals surface area (Å²) in [4.78, 5) is 11.1. The molecule has 1 heterocycles. The fourth-order valence-corrected chi connectivity index (χ4v) is 5.46. The van der Waals surface area contributed by atoms with Crippen LogP contribution in [0.15, 0.2) is 6.07 Å². The summed E-state index contributed by atoms with van der Waals surface area (Å²) < 4.78 is 0. The molecule has 0 aliphatic heterocycles. The van der Waals surface area contributed by atoms with Crippen LogP contribution in [0.4, 0.5) is 11.8 Å². The van der Waals surface area contributed by atoms with Gasteiger partial charge in [0.1, 0.15) is 5.82 Å². The highest BCUT2D eigenvalue weighted by Crippen LogP contribution is 2.57. The maximum Gasteiger partial charge on any atom is 0.222 e. The third-order valence-electron chi connectivity index (χ3n) is 5.92. The van der Waals surface area contributed by atoms with E-state index >= 15 is 0 Å². The molecule has 4 aliphatic carbocycles. The second kappa shape index (κ2) is 4.09. The Bertz CT molecular complexity index is 484. The zero-order valence-corrected chi connectivity index (χ0v) is 12.5. The molecule has 1 aromatic rings. The van der Waals surface area contributed by atoms with Gasteiger partial charge in [-0.15, -0.1) is 0 Å². The molecule has 0 atom stereocenters. The van der Waals surface area contributed by atoms with Crippen LogP contribution < -0.4 is 10.6 Å². The average Bonchev–Trinajstić information content (AvgIpc) is 2.35. The minimum absolute atomic E-state index is 0.335. The first-order valence-corrected chi connectivity index (χ1v) is 7.89. The molecule has 4 heteroatoms. The van der Waals surface area contributed by atoms with Gasteiger partial charge in [0.05, 0.1) is 0 Å². The van der Waals surface area contributed by atoms with Gasteiger partial charge in [-0.3, -0.25) is 0 Å². The summed E-state index contributed by atoms with van der Waals surface area (Å²) in [5.74, 6) is 4.26. The number of hydrogen-bond donors (Lipinski definition) is 1. The standard InChI is InChI=1S/C16H24N4/c1-10-3-14(19-15(17)18-10)20(2)16-7-11-4-12(8-16)6-13(5-11)9-16/h3,11-13H,4-9H2,1-2H3,(H2,17,18,19). The molecular formula is C16H24N4. The summed E-state index contributed by atoms with van der Waals surface area (Å²) in [5.41, 5.74) is 7.14. The first kappa shape index (κ1) is 12.4. The highest BCUT2D eigenvalue weighted by Gasteiger charge is 2.53. The maximum atomic E-state index is 5.84. The average molecular weight is 272 g/mol. The Morgan fingerprint density at radius 3 is 2.15 bits per heavy atom. The predicted octanol–water partition coefficient (Wildman–Crippen LogP) is 2.77. The third-order valence-corrected chi connectivity index (χ3v) is 5.92. The van der Waals surface area contributed by atoms with Crippen molar-refractivity contribution < 1.29 is 0 Å². The molecule has 5 rings (SSSR count). The number of hydrogen-bond acceptors (Lipinski definition) is 4. The first-order valence-electron chi connectivity index (χ1n) is 7.89. The van der Waals surface area contributed by atoms with Crippen LogP contribution in [0, 0.1) is 24.7 Å². The number of aryl methyl sites for hydroxylation is 1. The van der Waals surface area contributed by atoms with Gasteiger partial charge >= 0.3 is 0 Å². The number of nitrogen functional groups attached to an aromatic ring is 1. The van der Waals surface area contributed by atoms with Crippen molar-refractivity contribution in [1.82, 2.24) is 9.97 Å². The lowest BCUT2D eigenvalue weighted by atomic mass is 9.52. The summed E-state index contributed by atoms with van der Waals surface area (Å²) in [6, 6.07) is 2.08. The second-order valence-corrected chi connectivity index (χ2v) is 7.43. The van der Waals surface area contributed by atoms with Gasteiger partial charge in [-0.2, -0.15) is 4.98 Å². The molecule has 4 saturated carbocycles. The van der Waals surface area contributed by atoms with Crippen molar-refractivity contribution in [3.05, 3.63) is 11.8 Å². The van der Waals surface area contributed by atoms with E-state index in [9.17, 15) is 0 Å². The molecule has 4 nitrogen and oxygen atoms in total. The fraction of sp³-hybridized carbons (Fsp3) is 0.750. The van der Waals surface area contributed by atoms with Crippen LogP contribution in [-0.4, -0.2) is 22.6 Å². The molecule has 0 spiro atoms. The van der Waals surface area contributed by atoms with E-state index in [1.165, 1.54) is 38.5 Å². The van der Waals surface area contributed by atoms with Gasteiger partial charge in [0.25, 0.3) is 0 Å². The minimum atomic E-state index is 0.335. The monoisotopic (exact) mass is 272 g/mol. The topological polar surface area (TPSA) is 55.0 Å². The Kier molecular flexibility index (Phi) is 2.54. The van der Waals surface area contributed by atoms with E-state index in [-0.39, 0.29) is 0 Å². The molecule has 108 valence electrons. The Morgan fingerprint density at radius 1 is 1.10 bits per heavy atom. The SMILES string of the molecule is Cc1cc(N(C)C23CC4CC(CC(C4)C2)C3)nc(N)n1. The minimum Gasteiger partial charge on any atom is -0.368 e. The van der Waals surface area contributed by atoms with Gasteiger partial charge in [0.15, 0.2) is 0 Å². The highest BCUT2D eigenvalue weighted by molar-refractivity contribution is 5.46. The van der Waals surface area contributed by atoms with Gasteiger partial charge < -0.3 is 10.6 Å². The van der Waals surface area contributed by atoms with Gasteiger partial charge in [-0.1, -0.05) is 0 Å². The van der Waals surface area contributed by atoms with Crippen LogP contribution in [0.3, 0.4) is 0 Å². The molecule has 0 aromatic carbocycles. The molecule has 0 unspecified atom stereocenters. The zero-order valence-electron chi connectivity index (χ0n) is 12.5. The normalized spacial score (nSPS) is 38.2. The fourth-order valence-electron chi connectivity index (χ4n) is 5.46. The van der Waals surface area contributed by atoms with E-state index in [1.807, 2.05) is 6.92 Å². The molecule has 1 aromatic heterocycles. The van der Waals surface area contributed by atoms with Crippen LogP contribution in [0.1, 0.15) is 44.2 Å². The van der Waals surface area contributed by atoms with E-state index in [2.05, 4.69) is 28.0 Å². The first-order chi connectivity index (χ1) is 9.54. The maximum absolute atomic E-state index is 5.84. The number of nitrogens with two attached hydrogens (primary N) is 1. The molecule has 0 amide bonds. The van der Waals surface area contributed by atoms with E-state index in [1.54, 1.807) is 0 Å². The van der Waals surface area contributed by atoms with Gasteiger partial charge in [0.2, 0.25) is 5.95 Å². The van der Waals surface area contributed by atoms with Crippen molar-refractivity contribution in [3.8, 4) is 0 Å². The summed E-state index contributed by atoms with van der Waals surface area (Å²) in [6.45, 7) is 2.00. The Hall–Kier alpha value is -1.32. The third kappa shape index (κ3) is 1.80. The number of aromatic nitrogens is 2. The van der Waals surface area contributed by atoms with Crippen molar-refractivity contribution in [2.45, 2.75) is 51.0 Å². The molecule has 0 radical (unpaired) electrons. The van der Waals surface area contributed by atoms with E-state index in [0.717, 1.165) is 29.3 Å².